The van der Waals surface area contributed by atoms with Crippen molar-refractivity contribution in [2.24, 2.45) is 0 Å². The highest BCUT2D eigenvalue weighted by Gasteiger charge is 2.04. The molecule has 0 heterocycles. The van der Waals surface area contributed by atoms with Gasteiger partial charge in [-0.1, -0.05) is 54.6 Å². The summed E-state index contributed by atoms with van der Waals surface area (Å²) in [5.41, 5.74) is 6.54. The maximum atomic E-state index is 11.3. The molecule has 2 aromatic carbocycles. The van der Waals surface area contributed by atoms with E-state index in [1.165, 1.54) is 11.1 Å². The highest BCUT2D eigenvalue weighted by atomic mass is 16.1. The summed E-state index contributed by atoms with van der Waals surface area (Å²) in [7, 11) is 0. The van der Waals surface area contributed by atoms with Crippen LogP contribution in [-0.4, -0.2) is 5.78 Å². The Morgan fingerprint density at radius 1 is 0.947 bits per heavy atom. The maximum Gasteiger partial charge on any atom is 0.159 e. The molecule has 0 unspecified atom stereocenters. The van der Waals surface area contributed by atoms with Gasteiger partial charge in [0.15, 0.2) is 5.78 Å². The number of allylic oxidation sites excluding steroid dienone is 1. The lowest BCUT2D eigenvalue weighted by Gasteiger charge is -2.09. The Balaban J connectivity index is 2.39. The Morgan fingerprint density at radius 3 is 2.00 bits per heavy atom. The molecule has 0 radical (unpaired) electrons. The summed E-state index contributed by atoms with van der Waals surface area (Å²) >= 11 is 0. The van der Waals surface area contributed by atoms with Crippen LogP contribution in [0.25, 0.3) is 16.7 Å². The third-order valence-corrected chi connectivity index (χ3v) is 3.31. The van der Waals surface area contributed by atoms with E-state index in [1.54, 1.807) is 6.92 Å². The van der Waals surface area contributed by atoms with Crippen LogP contribution < -0.4 is 0 Å². The average molecular weight is 250 g/mol. The number of ketones is 1. The minimum Gasteiger partial charge on any atom is -0.295 e. The van der Waals surface area contributed by atoms with Gasteiger partial charge in [-0.05, 0) is 43.0 Å². The fourth-order valence-corrected chi connectivity index (χ4v) is 2.22. The number of hydrogen-bond donors (Lipinski definition) is 0. The zero-order chi connectivity index (χ0) is 14.0. The van der Waals surface area contributed by atoms with Crippen molar-refractivity contribution >= 4 is 11.4 Å². The quantitative estimate of drug-likeness (QED) is 0.708. The van der Waals surface area contributed by atoms with Gasteiger partial charge < -0.3 is 0 Å². The summed E-state index contributed by atoms with van der Waals surface area (Å²) in [6.45, 7) is 9.68. The lowest BCUT2D eigenvalue weighted by Crippen LogP contribution is -1.91. The molecule has 0 aliphatic carbocycles. The van der Waals surface area contributed by atoms with E-state index in [4.69, 9.17) is 0 Å². The van der Waals surface area contributed by atoms with Gasteiger partial charge in [0.25, 0.3) is 0 Å². The molecule has 1 nitrogen and oxygen atoms in total. The minimum atomic E-state index is 0.0976. The molecular formula is C18H18O. The molecule has 0 bridgehead atoms. The van der Waals surface area contributed by atoms with Crippen molar-refractivity contribution in [2.45, 2.75) is 20.8 Å². The molecule has 1 heteroatoms. The van der Waals surface area contributed by atoms with E-state index < -0.39 is 0 Å². The Kier molecular flexibility index (Phi) is 3.66. The van der Waals surface area contributed by atoms with Gasteiger partial charge in [-0.3, -0.25) is 4.79 Å². The van der Waals surface area contributed by atoms with E-state index in [1.807, 2.05) is 31.2 Å². The summed E-state index contributed by atoms with van der Waals surface area (Å²) in [6.07, 6.45) is 0. The summed E-state index contributed by atoms with van der Waals surface area (Å²) in [6, 6.07) is 14.1. The Labute approximate surface area is 114 Å². The summed E-state index contributed by atoms with van der Waals surface area (Å²) < 4.78 is 0. The molecule has 0 fully saturated rings. The molecule has 2 rings (SSSR count). The summed E-state index contributed by atoms with van der Waals surface area (Å²) in [4.78, 5) is 11.3. The van der Waals surface area contributed by atoms with Crippen LogP contribution in [0.3, 0.4) is 0 Å². The molecule has 96 valence electrons. The van der Waals surface area contributed by atoms with E-state index in [2.05, 4.69) is 31.7 Å². The van der Waals surface area contributed by atoms with Gasteiger partial charge >= 0.3 is 0 Å². The van der Waals surface area contributed by atoms with Crippen LogP contribution in [0.4, 0.5) is 0 Å². The highest BCUT2D eigenvalue weighted by molar-refractivity contribution is 5.94. The van der Waals surface area contributed by atoms with Crippen LogP contribution in [0.1, 0.15) is 35.3 Å². The second-order valence-corrected chi connectivity index (χ2v) is 4.94. The first-order chi connectivity index (χ1) is 8.99. The topological polar surface area (TPSA) is 17.1 Å². The number of carbonyl (C=O) groups is 1. The third kappa shape index (κ3) is 2.82. The van der Waals surface area contributed by atoms with E-state index >= 15 is 0 Å². The fraction of sp³-hybridized carbons (Fsp3) is 0.167. The number of rotatable bonds is 3. The van der Waals surface area contributed by atoms with Gasteiger partial charge in [0.1, 0.15) is 0 Å². The van der Waals surface area contributed by atoms with Gasteiger partial charge in [0, 0.05) is 5.56 Å². The van der Waals surface area contributed by atoms with Crippen molar-refractivity contribution in [1.82, 2.24) is 0 Å². The highest BCUT2D eigenvalue weighted by Crippen LogP contribution is 2.25. The third-order valence-electron chi connectivity index (χ3n) is 3.31. The Hall–Kier alpha value is -2.15. The molecule has 0 aliphatic rings. The minimum absolute atomic E-state index is 0.0976. The van der Waals surface area contributed by atoms with Crippen LogP contribution in [0.5, 0.6) is 0 Å². The van der Waals surface area contributed by atoms with Crippen molar-refractivity contribution in [3.63, 3.8) is 0 Å². The van der Waals surface area contributed by atoms with Crippen molar-refractivity contribution in [3.8, 4) is 11.1 Å². The summed E-state index contributed by atoms with van der Waals surface area (Å²) in [5, 5.41) is 0. The zero-order valence-electron chi connectivity index (χ0n) is 11.7. The number of hydrogen-bond acceptors (Lipinski definition) is 1. The molecule has 0 aromatic heterocycles. The van der Waals surface area contributed by atoms with Crippen LogP contribution in [-0.2, 0) is 0 Å². The van der Waals surface area contributed by atoms with Crippen LogP contribution in [0, 0.1) is 6.92 Å². The predicted molar refractivity (Wildman–Crippen MR) is 81.3 cm³/mol. The number of carbonyl (C=O) groups excluding carboxylic acids is 1. The van der Waals surface area contributed by atoms with E-state index in [0.717, 1.165) is 22.3 Å². The number of Topliss-reactive ketones (excluding diaryl/α,β-unsaturated/α-hetero) is 1. The van der Waals surface area contributed by atoms with Gasteiger partial charge in [-0.2, -0.15) is 0 Å². The zero-order valence-corrected chi connectivity index (χ0v) is 11.7. The lowest BCUT2D eigenvalue weighted by molar-refractivity contribution is 0.101. The largest absolute Gasteiger partial charge is 0.295 e. The Bertz CT molecular complexity index is 633. The average Bonchev–Trinajstić information content (AvgIpc) is 2.38. The molecular weight excluding hydrogens is 232 g/mol. The standard InChI is InChI=1S/C18H18O/c1-12(2)18-10-9-17(11-13(18)3)16-7-5-15(6-8-16)14(4)19/h5-11H,1H2,2-4H3. The predicted octanol–water partition coefficient (Wildman–Crippen LogP) is 4.90. The van der Waals surface area contributed by atoms with Crippen molar-refractivity contribution in [2.75, 3.05) is 0 Å². The molecule has 0 spiro atoms. The molecule has 0 atom stereocenters. The van der Waals surface area contributed by atoms with Crippen molar-refractivity contribution in [3.05, 3.63) is 65.7 Å². The van der Waals surface area contributed by atoms with Crippen LogP contribution in [0.15, 0.2) is 49.0 Å². The van der Waals surface area contributed by atoms with Crippen molar-refractivity contribution < 1.29 is 4.79 Å². The first kappa shape index (κ1) is 13.3. The molecule has 2 aromatic rings. The summed E-state index contributed by atoms with van der Waals surface area (Å²) in [5.74, 6) is 0.0976. The molecule has 0 aliphatic heterocycles. The van der Waals surface area contributed by atoms with Gasteiger partial charge in [-0.25, -0.2) is 0 Å². The van der Waals surface area contributed by atoms with Crippen LogP contribution >= 0.6 is 0 Å². The molecule has 19 heavy (non-hydrogen) atoms. The SMILES string of the molecule is C=C(C)c1ccc(-c2ccc(C(C)=O)cc2)cc1C. The molecule has 0 amide bonds. The fourth-order valence-electron chi connectivity index (χ4n) is 2.22. The first-order valence-electron chi connectivity index (χ1n) is 6.37. The van der Waals surface area contributed by atoms with Crippen LogP contribution in [0.2, 0.25) is 0 Å². The molecule has 0 N–H and O–H groups in total. The van der Waals surface area contributed by atoms with Gasteiger partial charge in [0.05, 0.1) is 0 Å². The lowest BCUT2D eigenvalue weighted by atomic mass is 9.96. The second kappa shape index (κ2) is 5.23. The van der Waals surface area contributed by atoms with Gasteiger partial charge in [0.2, 0.25) is 0 Å². The smallest absolute Gasteiger partial charge is 0.159 e. The van der Waals surface area contributed by atoms with E-state index in [0.29, 0.717) is 0 Å². The van der Waals surface area contributed by atoms with E-state index in [-0.39, 0.29) is 5.78 Å². The van der Waals surface area contributed by atoms with E-state index in [9.17, 15) is 4.79 Å². The normalized spacial score (nSPS) is 10.3. The number of benzene rings is 2. The monoisotopic (exact) mass is 250 g/mol. The molecule has 0 saturated heterocycles. The first-order valence-corrected chi connectivity index (χ1v) is 6.37. The molecule has 0 saturated carbocycles. The van der Waals surface area contributed by atoms with Gasteiger partial charge in [-0.15, -0.1) is 0 Å². The van der Waals surface area contributed by atoms with Crippen molar-refractivity contribution in [1.29, 1.82) is 0 Å². The maximum absolute atomic E-state index is 11.3. The number of aryl methyl sites for hydroxylation is 1. The second-order valence-electron chi connectivity index (χ2n) is 4.94. The Morgan fingerprint density at radius 2 is 1.53 bits per heavy atom.